The highest BCUT2D eigenvalue weighted by Gasteiger charge is 2.21. The van der Waals surface area contributed by atoms with Gasteiger partial charge in [-0.1, -0.05) is 0 Å². The average molecular weight is 267 g/mol. The summed E-state index contributed by atoms with van der Waals surface area (Å²) in [5, 5.41) is 2.15. The summed E-state index contributed by atoms with van der Waals surface area (Å²) in [5.41, 5.74) is 2.36. The summed E-state index contributed by atoms with van der Waals surface area (Å²) in [6.45, 7) is 2.32. The highest BCUT2D eigenvalue weighted by molar-refractivity contribution is 6.32. The smallest absolute Gasteiger partial charge is 0.253 e. The number of benzene rings is 1. The van der Waals surface area contributed by atoms with E-state index in [9.17, 15) is 9.59 Å². The number of carbonyl (C=O) groups is 2. The Hall–Kier alpha value is -1.55. The number of likely N-dealkylation sites (N-methyl/N-ethyl adjacent to an activating group) is 1. The molecule has 1 aromatic rings. The van der Waals surface area contributed by atoms with Gasteiger partial charge < -0.3 is 10.2 Å². The minimum Gasteiger partial charge on any atom is -0.341 e. The molecule has 96 valence electrons. The van der Waals surface area contributed by atoms with Gasteiger partial charge in [0.25, 0.3) is 5.91 Å². The Kier molecular flexibility index (Phi) is 3.57. The quantitative estimate of drug-likeness (QED) is 0.831. The highest BCUT2D eigenvalue weighted by atomic mass is 35.5. The molecule has 1 heterocycles. The fourth-order valence-electron chi connectivity index (χ4n) is 1.92. The van der Waals surface area contributed by atoms with Gasteiger partial charge in [0.2, 0.25) is 5.91 Å². The van der Waals surface area contributed by atoms with Gasteiger partial charge in [-0.15, -0.1) is 11.6 Å². The number of amides is 2. The van der Waals surface area contributed by atoms with Crippen molar-refractivity contribution in [3.63, 3.8) is 0 Å². The first-order valence-corrected chi connectivity index (χ1v) is 6.26. The van der Waals surface area contributed by atoms with Crippen molar-refractivity contribution in [1.29, 1.82) is 0 Å². The summed E-state index contributed by atoms with van der Waals surface area (Å²) in [6.07, 6.45) is 0.803. The number of fused-ring (bicyclic) bond motifs is 1. The van der Waals surface area contributed by atoms with Crippen LogP contribution in [-0.4, -0.2) is 35.7 Å². The second kappa shape index (κ2) is 4.98. The Balaban J connectivity index is 2.23. The maximum atomic E-state index is 11.9. The molecule has 0 bridgehead atoms. The van der Waals surface area contributed by atoms with Crippen LogP contribution in [0.5, 0.6) is 0 Å². The summed E-state index contributed by atoms with van der Waals surface area (Å²) in [6, 6.07) is 5.33. The lowest BCUT2D eigenvalue weighted by Gasteiger charge is -2.25. The Labute approximate surface area is 111 Å². The zero-order valence-electron chi connectivity index (χ0n) is 10.4. The van der Waals surface area contributed by atoms with Crippen LogP contribution in [0.2, 0.25) is 0 Å². The predicted octanol–water partition coefficient (Wildman–Crippen LogP) is 1.88. The van der Waals surface area contributed by atoms with Crippen LogP contribution in [0.15, 0.2) is 18.2 Å². The summed E-state index contributed by atoms with van der Waals surface area (Å²) in [7, 11) is 1.79. The monoisotopic (exact) mass is 266 g/mol. The van der Waals surface area contributed by atoms with Crippen molar-refractivity contribution < 1.29 is 9.59 Å². The number of hydrogen-bond donors (Lipinski definition) is 1. The summed E-state index contributed by atoms with van der Waals surface area (Å²) < 4.78 is 0. The molecule has 0 aromatic heterocycles. The molecule has 1 atom stereocenters. The van der Waals surface area contributed by atoms with Crippen molar-refractivity contribution in [2.75, 3.05) is 18.9 Å². The molecule has 4 nitrogen and oxygen atoms in total. The first-order chi connectivity index (χ1) is 8.49. The van der Waals surface area contributed by atoms with E-state index in [1.54, 1.807) is 31.0 Å². The normalized spacial score (nSPS) is 16.2. The van der Waals surface area contributed by atoms with Crippen molar-refractivity contribution in [2.45, 2.75) is 18.7 Å². The average Bonchev–Trinajstić information content (AvgIpc) is 2.34. The number of hydrogen-bond acceptors (Lipinski definition) is 2. The van der Waals surface area contributed by atoms with E-state index in [1.165, 1.54) is 0 Å². The minimum atomic E-state index is -0.575. The van der Waals surface area contributed by atoms with E-state index >= 15 is 0 Å². The van der Waals surface area contributed by atoms with Crippen LogP contribution < -0.4 is 5.32 Å². The topological polar surface area (TPSA) is 49.4 Å². The second-order valence-corrected chi connectivity index (χ2v) is 5.11. The first-order valence-electron chi connectivity index (χ1n) is 5.82. The molecule has 0 saturated carbocycles. The van der Waals surface area contributed by atoms with Crippen LogP contribution in [0, 0.1) is 0 Å². The van der Waals surface area contributed by atoms with E-state index in [1.807, 2.05) is 6.07 Å². The van der Waals surface area contributed by atoms with Crippen LogP contribution in [0.25, 0.3) is 0 Å². The number of nitrogens with one attached hydrogen (secondary N) is 1. The van der Waals surface area contributed by atoms with E-state index in [-0.39, 0.29) is 11.8 Å². The molecule has 2 rings (SSSR count). The van der Waals surface area contributed by atoms with E-state index in [0.717, 1.165) is 12.0 Å². The van der Waals surface area contributed by atoms with Crippen LogP contribution in [0.1, 0.15) is 22.8 Å². The van der Waals surface area contributed by atoms with Gasteiger partial charge in [-0.2, -0.15) is 0 Å². The standard InChI is InChI=1S/C13H15ClN2O2/c1-8(14)12(17)15-10-3-4-11-9(7-10)5-6-16(2)13(11)18/h3-4,7-8H,5-6H2,1-2H3,(H,15,17). The molecule has 0 spiro atoms. The molecule has 0 radical (unpaired) electrons. The molecule has 1 N–H and O–H groups in total. The maximum absolute atomic E-state index is 11.9. The van der Waals surface area contributed by atoms with Gasteiger partial charge in [0.15, 0.2) is 0 Å². The Morgan fingerprint density at radius 1 is 1.50 bits per heavy atom. The third kappa shape index (κ3) is 2.48. The zero-order valence-corrected chi connectivity index (χ0v) is 11.1. The molecule has 0 fully saturated rings. The van der Waals surface area contributed by atoms with Gasteiger partial charge in [-0.25, -0.2) is 0 Å². The molecule has 1 aliphatic heterocycles. The lowest BCUT2D eigenvalue weighted by atomic mass is 9.98. The first kappa shape index (κ1) is 12.9. The lowest BCUT2D eigenvalue weighted by Crippen LogP contribution is -2.34. The van der Waals surface area contributed by atoms with E-state index in [2.05, 4.69) is 5.32 Å². The predicted molar refractivity (Wildman–Crippen MR) is 71.1 cm³/mol. The largest absolute Gasteiger partial charge is 0.341 e. The second-order valence-electron chi connectivity index (χ2n) is 4.45. The third-order valence-electron chi connectivity index (χ3n) is 3.03. The van der Waals surface area contributed by atoms with Crippen molar-refractivity contribution >= 4 is 29.1 Å². The third-order valence-corrected chi connectivity index (χ3v) is 3.23. The maximum Gasteiger partial charge on any atom is 0.253 e. The molecular weight excluding hydrogens is 252 g/mol. The summed E-state index contributed by atoms with van der Waals surface area (Å²) in [5.74, 6) is -0.212. The van der Waals surface area contributed by atoms with E-state index in [4.69, 9.17) is 11.6 Å². The number of halogens is 1. The molecule has 1 aliphatic rings. The lowest BCUT2D eigenvalue weighted by molar-refractivity contribution is -0.115. The van der Waals surface area contributed by atoms with E-state index in [0.29, 0.717) is 17.8 Å². The molecule has 2 amide bonds. The van der Waals surface area contributed by atoms with Gasteiger partial charge in [0.1, 0.15) is 5.38 Å². The van der Waals surface area contributed by atoms with Crippen LogP contribution in [-0.2, 0) is 11.2 Å². The fraction of sp³-hybridized carbons (Fsp3) is 0.385. The van der Waals surface area contributed by atoms with Crippen LogP contribution in [0.4, 0.5) is 5.69 Å². The number of alkyl halides is 1. The van der Waals surface area contributed by atoms with Crippen molar-refractivity contribution in [2.24, 2.45) is 0 Å². The SMILES string of the molecule is CC(Cl)C(=O)Nc1ccc2c(c1)CCN(C)C2=O. The molecule has 0 aliphatic carbocycles. The van der Waals surface area contributed by atoms with Crippen LogP contribution >= 0.6 is 11.6 Å². The molecule has 18 heavy (non-hydrogen) atoms. The fourth-order valence-corrected chi connectivity index (χ4v) is 1.98. The van der Waals surface area contributed by atoms with Crippen molar-refractivity contribution in [3.05, 3.63) is 29.3 Å². The van der Waals surface area contributed by atoms with Crippen molar-refractivity contribution in [3.8, 4) is 0 Å². The van der Waals surface area contributed by atoms with Gasteiger partial charge in [-0.05, 0) is 37.1 Å². The number of nitrogens with zero attached hydrogens (tertiary/aromatic N) is 1. The molecule has 0 saturated heterocycles. The molecular formula is C13H15ClN2O2. The zero-order chi connectivity index (χ0) is 13.3. The van der Waals surface area contributed by atoms with E-state index < -0.39 is 5.38 Å². The number of anilines is 1. The number of carbonyl (C=O) groups excluding carboxylic acids is 2. The summed E-state index contributed by atoms with van der Waals surface area (Å²) in [4.78, 5) is 25.1. The molecule has 1 aromatic carbocycles. The van der Waals surface area contributed by atoms with Crippen molar-refractivity contribution in [1.82, 2.24) is 4.90 Å². The van der Waals surface area contributed by atoms with Gasteiger partial charge in [0, 0.05) is 24.8 Å². The van der Waals surface area contributed by atoms with Gasteiger partial charge >= 0.3 is 0 Å². The Bertz CT molecular complexity index is 500. The molecule has 5 heteroatoms. The summed E-state index contributed by atoms with van der Waals surface area (Å²) >= 11 is 5.69. The Morgan fingerprint density at radius 3 is 2.89 bits per heavy atom. The van der Waals surface area contributed by atoms with Gasteiger partial charge in [0.05, 0.1) is 0 Å². The highest BCUT2D eigenvalue weighted by Crippen LogP contribution is 2.22. The minimum absolute atomic E-state index is 0.0276. The van der Waals surface area contributed by atoms with Gasteiger partial charge in [-0.3, -0.25) is 9.59 Å². The van der Waals surface area contributed by atoms with Crippen LogP contribution in [0.3, 0.4) is 0 Å². The molecule has 1 unspecified atom stereocenters. The Morgan fingerprint density at radius 2 is 2.22 bits per heavy atom. The number of rotatable bonds is 2.